The van der Waals surface area contributed by atoms with Gasteiger partial charge in [0, 0.05) is 8.22 Å². The predicted octanol–water partition coefficient (Wildman–Crippen LogP) is 2.67. The number of rotatable bonds is 0. The van der Waals surface area contributed by atoms with Crippen LogP contribution in [0.5, 0.6) is 0 Å². The molecular formula is C8H12. The van der Waals surface area contributed by atoms with Crippen LogP contribution in [0.4, 0.5) is 0 Å². The molecule has 8 heavy (non-hydrogen) atoms. The summed E-state index contributed by atoms with van der Waals surface area (Å²) in [6, 6.07) is 0. The van der Waals surface area contributed by atoms with Crippen LogP contribution < -0.4 is 0 Å². The lowest BCUT2D eigenvalue weighted by atomic mass is 10.0. The fraction of sp³-hybridized carbons (Fsp3) is 0.500. The van der Waals surface area contributed by atoms with Crippen LogP contribution in [0.25, 0.3) is 0 Å². The highest BCUT2D eigenvalue weighted by Crippen LogP contribution is 2.16. The van der Waals surface area contributed by atoms with Gasteiger partial charge in [0.2, 0.25) is 0 Å². The molecule has 0 nitrogen and oxygen atoms in total. The topological polar surface area (TPSA) is 0 Å². The summed E-state index contributed by atoms with van der Waals surface area (Å²) in [5.41, 5.74) is -0.0208. The van der Waals surface area contributed by atoms with E-state index in [9.17, 15) is 0 Å². The zero-order chi connectivity index (χ0) is 11.0. The van der Waals surface area contributed by atoms with E-state index in [-0.39, 0.29) is 11.1 Å². The van der Waals surface area contributed by atoms with Crippen LogP contribution in [-0.4, -0.2) is 0 Å². The molecule has 0 heterocycles. The summed E-state index contributed by atoms with van der Waals surface area (Å²) >= 11 is 0. The van der Waals surface area contributed by atoms with Crippen LogP contribution >= 0.6 is 0 Å². The standard InChI is InChI=1S/C8H12/c1-7-5-3-4-6-8(7)2/h5-6H,3-4H2,1-2H3/i1D3,2D3. The number of hydrogen-bond donors (Lipinski definition) is 0. The second-order valence-electron chi connectivity index (χ2n) is 1.81. The molecule has 0 heteroatoms. The lowest BCUT2D eigenvalue weighted by Crippen LogP contribution is -1.85. The molecule has 0 aromatic carbocycles. The Morgan fingerprint density at radius 2 is 1.75 bits per heavy atom. The van der Waals surface area contributed by atoms with Crippen molar-refractivity contribution in [3.63, 3.8) is 0 Å². The zero-order valence-corrected chi connectivity index (χ0v) is 4.57. The van der Waals surface area contributed by atoms with Crippen LogP contribution in [-0.2, 0) is 0 Å². The Balaban J connectivity index is 3.06. The Kier molecular flexibility index (Phi) is 0.468. The lowest BCUT2D eigenvalue weighted by Gasteiger charge is -2.05. The molecule has 0 aromatic heterocycles. The fourth-order valence-corrected chi connectivity index (χ4v) is 0.675. The quantitative estimate of drug-likeness (QED) is 0.454. The van der Waals surface area contributed by atoms with Gasteiger partial charge in [-0.2, -0.15) is 0 Å². The fourth-order valence-electron chi connectivity index (χ4n) is 0.675. The van der Waals surface area contributed by atoms with Gasteiger partial charge in [-0.25, -0.2) is 0 Å². The Morgan fingerprint density at radius 1 is 1.25 bits per heavy atom. The molecule has 0 bridgehead atoms. The van der Waals surface area contributed by atoms with Crippen molar-refractivity contribution in [1.82, 2.24) is 0 Å². The molecule has 0 atom stereocenters. The molecule has 0 radical (unpaired) electrons. The maximum absolute atomic E-state index is 7.21. The van der Waals surface area contributed by atoms with E-state index in [2.05, 4.69) is 0 Å². The third-order valence-corrected chi connectivity index (χ3v) is 1.15. The van der Waals surface area contributed by atoms with E-state index in [0.29, 0.717) is 12.8 Å². The first-order valence-corrected chi connectivity index (χ1v) is 2.64. The minimum atomic E-state index is -2.32. The van der Waals surface area contributed by atoms with Crippen LogP contribution in [0.15, 0.2) is 23.3 Å². The normalized spacial score (nSPS) is 34.0. The smallest absolute Gasteiger partial charge is 0.0280 e. The van der Waals surface area contributed by atoms with E-state index in [4.69, 9.17) is 8.22 Å². The van der Waals surface area contributed by atoms with E-state index in [1.54, 1.807) is 0 Å². The minimum Gasteiger partial charge on any atom is -0.0810 e. The van der Waals surface area contributed by atoms with Gasteiger partial charge in [0.15, 0.2) is 0 Å². The first-order chi connectivity index (χ1) is 6.23. The molecule has 0 spiro atoms. The van der Waals surface area contributed by atoms with Crippen LogP contribution in [0, 0.1) is 0 Å². The molecule has 1 rings (SSSR count). The van der Waals surface area contributed by atoms with Gasteiger partial charge < -0.3 is 0 Å². The Morgan fingerprint density at radius 3 is 2.12 bits per heavy atom. The van der Waals surface area contributed by atoms with E-state index in [1.807, 2.05) is 0 Å². The van der Waals surface area contributed by atoms with Gasteiger partial charge in [-0.1, -0.05) is 23.3 Å². The maximum Gasteiger partial charge on any atom is 0.0280 e. The first kappa shape index (κ1) is 1.73. The Labute approximate surface area is 59.3 Å². The Bertz CT molecular complexity index is 247. The molecule has 0 aliphatic heterocycles. The van der Waals surface area contributed by atoms with Crippen LogP contribution in [0.3, 0.4) is 0 Å². The van der Waals surface area contributed by atoms with Gasteiger partial charge in [0.05, 0.1) is 0 Å². The lowest BCUT2D eigenvalue weighted by molar-refractivity contribution is 0.990. The van der Waals surface area contributed by atoms with Gasteiger partial charge in [-0.05, 0) is 26.5 Å². The summed E-state index contributed by atoms with van der Waals surface area (Å²) in [5.74, 6) is 0. The molecule has 0 N–H and O–H groups in total. The van der Waals surface area contributed by atoms with Gasteiger partial charge in [0.25, 0.3) is 0 Å². The van der Waals surface area contributed by atoms with Crippen molar-refractivity contribution < 1.29 is 8.22 Å². The Hall–Kier alpha value is -0.520. The van der Waals surface area contributed by atoms with Crippen molar-refractivity contribution in [2.24, 2.45) is 0 Å². The van der Waals surface area contributed by atoms with Crippen molar-refractivity contribution in [3.05, 3.63) is 23.3 Å². The van der Waals surface area contributed by atoms with Crippen LogP contribution in [0.1, 0.15) is 34.8 Å². The molecule has 0 saturated carbocycles. The molecule has 0 unspecified atom stereocenters. The van der Waals surface area contributed by atoms with Crippen molar-refractivity contribution in [2.45, 2.75) is 26.5 Å². The van der Waals surface area contributed by atoms with E-state index < -0.39 is 13.7 Å². The largest absolute Gasteiger partial charge is 0.0810 e. The van der Waals surface area contributed by atoms with E-state index >= 15 is 0 Å². The third kappa shape index (κ3) is 1.00. The molecule has 0 aromatic rings. The highest BCUT2D eigenvalue weighted by Gasteiger charge is 1.95. The summed E-state index contributed by atoms with van der Waals surface area (Å²) in [7, 11) is 0. The van der Waals surface area contributed by atoms with Gasteiger partial charge >= 0.3 is 0 Å². The predicted molar refractivity (Wildman–Crippen MR) is 36.7 cm³/mol. The van der Waals surface area contributed by atoms with Crippen molar-refractivity contribution >= 4 is 0 Å². The van der Waals surface area contributed by atoms with Crippen molar-refractivity contribution in [1.29, 1.82) is 0 Å². The first-order valence-electron chi connectivity index (χ1n) is 5.64. The summed E-state index contributed by atoms with van der Waals surface area (Å²) in [6.07, 6.45) is 4.23. The summed E-state index contributed by atoms with van der Waals surface area (Å²) in [4.78, 5) is 0. The molecule has 44 valence electrons. The van der Waals surface area contributed by atoms with Crippen molar-refractivity contribution in [3.8, 4) is 0 Å². The van der Waals surface area contributed by atoms with E-state index in [1.165, 1.54) is 12.2 Å². The molecule has 0 fully saturated rings. The van der Waals surface area contributed by atoms with Gasteiger partial charge in [-0.3, -0.25) is 0 Å². The second-order valence-corrected chi connectivity index (χ2v) is 1.81. The van der Waals surface area contributed by atoms with Gasteiger partial charge in [0.1, 0.15) is 0 Å². The summed E-state index contributed by atoms with van der Waals surface area (Å²) in [5, 5.41) is 0. The highest BCUT2D eigenvalue weighted by atomic mass is 14.0. The molecular weight excluding hydrogens is 96.1 g/mol. The maximum atomic E-state index is 7.21. The third-order valence-electron chi connectivity index (χ3n) is 1.15. The molecule has 1 aliphatic rings. The van der Waals surface area contributed by atoms with Crippen molar-refractivity contribution in [2.75, 3.05) is 0 Å². The molecule has 1 aliphatic carbocycles. The SMILES string of the molecule is [2H]C([2H])([2H])C1=CCCC=C1C([2H])([2H])[2H]. The molecule has 0 amide bonds. The highest BCUT2D eigenvalue weighted by molar-refractivity contribution is 5.29. The average Bonchev–Trinajstić information content (AvgIpc) is 2.01. The van der Waals surface area contributed by atoms with E-state index in [0.717, 1.165) is 0 Å². The summed E-state index contributed by atoms with van der Waals surface area (Å²) < 4.78 is 43.3. The summed E-state index contributed by atoms with van der Waals surface area (Å²) in [6.45, 7) is -4.64. The van der Waals surface area contributed by atoms with Crippen LogP contribution in [0.2, 0.25) is 0 Å². The number of hydrogen-bond acceptors (Lipinski definition) is 0. The number of allylic oxidation sites excluding steroid dienone is 4. The zero-order valence-electron chi connectivity index (χ0n) is 10.6. The second kappa shape index (κ2) is 2.17. The average molecular weight is 114 g/mol. The molecule has 0 saturated heterocycles. The monoisotopic (exact) mass is 114 g/mol. The van der Waals surface area contributed by atoms with Gasteiger partial charge in [-0.15, -0.1) is 0 Å². The minimum absolute atomic E-state index is 0.0104.